The van der Waals surface area contributed by atoms with Crippen molar-refractivity contribution < 1.29 is 4.74 Å². The lowest BCUT2D eigenvalue weighted by molar-refractivity contribution is 0.0459. The Bertz CT molecular complexity index is 371. The average Bonchev–Trinajstić information content (AvgIpc) is 2.48. The molecule has 0 bridgehead atoms. The molecule has 1 unspecified atom stereocenters. The maximum atomic E-state index is 5.98. The van der Waals surface area contributed by atoms with Crippen LogP contribution in [0.1, 0.15) is 44.8 Å². The summed E-state index contributed by atoms with van der Waals surface area (Å²) in [7, 11) is 0. The van der Waals surface area contributed by atoms with Crippen LogP contribution in [0.4, 0.5) is 5.69 Å². The van der Waals surface area contributed by atoms with E-state index in [4.69, 9.17) is 10.5 Å². The van der Waals surface area contributed by atoms with Crippen LogP contribution in [-0.2, 0) is 4.74 Å². The Morgan fingerprint density at radius 3 is 2.63 bits per heavy atom. The minimum atomic E-state index is 0.0535. The van der Waals surface area contributed by atoms with Crippen molar-refractivity contribution in [1.82, 2.24) is 4.98 Å². The molecule has 1 atom stereocenters. The van der Waals surface area contributed by atoms with Crippen molar-refractivity contribution in [3.8, 4) is 0 Å². The van der Waals surface area contributed by atoms with Crippen molar-refractivity contribution in [3.63, 3.8) is 0 Å². The summed E-state index contributed by atoms with van der Waals surface area (Å²) < 4.78 is 5.67. The fraction of sp³-hybridized carbons (Fsp3) is 0.667. The van der Waals surface area contributed by atoms with E-state index in [1.54, 1.807) is 0 Å². The first kappa shape index (κ1) is 14.3. The molecule has 1 saturated heterocycles. The Balaban J connectivity index is 1.92. The molecule has 0 radical (unpaired) electrons. The lowest BCUT2D eigenvalue weighted by atomic mass is 10.1. The summed E-state index contributed by atoms with van der Waals surface area (Å²) in [4.78, 5) is 6.86. The number of nitrogens with zero attached hydrogens (tertiary/aromatic N) is 2. The first-order chi connectivity index (χ1) is 9.24. The zero-order valence-electron chi connectivity index (χ0n) is 12.0. The second kappa shape index (κ2) is 6.87. The van der Waals surface area contributed by atoms with Crippen LogP contribution in [0.5, 0.6) is 0 Å². The smallest absolute Gasteiger partial charge is 0.0608 e. The molecule has 2 heterocycles. The third-order valence-electron chi connectivity index (χ3n) is 3.80. The molecule has 0 aliphatic carbocycles. The van der Waals surface area contributed by atoms with Crippen LogP contribution in [0.15, 0.2) is 18.3 Å². The van der Waals surface area contributed by atoms with Crippen LogP contribution in [0.25, 0.3) is 0 Å². The number of aromatic nitrogens is 1. The minimum Gasteiger partial charge on any atom is -0.378 e. The normalized spacial score (nSPS) is 18.6. The van der Waals surface area contributed by atoms with Gasteiger partial charge in [0.2, 0.25) is 0 Å². The maximum Gasteiger partial charge on any atom is 0.0608 e. The highest BCUT2D eigenvalue weighted by Crippen LogP contribution is 2.22. The average molecular weight is 263 g/mol. The summed E-state index contributed by atoms with van der Waals surface area (Å²) >= 11 is 0. The Hall–Kier alpha value is -1.13. The first-order valence-electron chi connectivity index (χ1n) is 7.32. The van der Waals surface area contributed by atoms with Gasteiger partial charge in [0.05, 0.1) is 23.7 Å². The van der Waals surface area contributed by atoms with Crippen LogP contribution < -0.4 is 10.6 Å². The van der Waals surface area contributed by atoms with Crippen LogP contribution in [0.3, 0.4) is 0 Å². The van der Waals surface area contributed by atoms with Crippen molar-refractivity contribution >= 4 is 5.69 Å². The van der Waals surface area contributed by atoms with Gasteiger partial charge >= 0.3 is 0 Å². The largest absolute Gasteiger partial charge is 0.378 e. The van der Waals surface area contributed by atoms with Crippen LogP contribution in [0, 0.1) is 0 Å². The van der Waals surface area contributed by atoms with Crippen molar-refractivity contribution in [2.75, 3.05) is 24.6 Å². The molecule has 1 fully saturated rings. The number of piperidine rings is 1. The van der Waals surface area contributed by atoms with E-state index in [0.29, 0.717) is 6.10 Å². The van der Waals surface area contributed by atoms with E-state index < -0.39 is 0 Å². The van der Waals surface area contributed by atoms with Gasteiger partial charge in [-0.05, 0) is 38.3 Å². The zero-order chi connectivity index (χ0) is 13.7. The highest BCUT2D eigenvalue weighted by atomic mass is 16.5. The molecular weight excluding hydrogens is 238 g/mol. The van der Waals surface area contributed by atoms with Gasteiger partial charge in [0, 0.05) is 25.7 Å². The molecule has 1 aromatic rings. The fourth-order valence-electron chi connectivity index (χ4n) is 2.53. The number of pyridine rings is 1. The molecule has 0 saturated carbocycles. The SMILES string of the molecule is CCOC1CCN(c2ccc(C(N)CC)nc2)CC1. The predicted octanol–water partition coefficient (Wildman–Crippen LogP) is 2.50. The summed E-state index contributed by atoms with van der Waals surface area (Å²) in [5.41, 5.74) is 8.16. The van der Waals surface area contributed by atoms with Crippen molar-refractivity contribution in [2.45, 2.75) is 45.3 Å². The molecule has 0 amide bonds. The van der Waals surface area contributed by atoms with E-state index in [9.17, 15) is 0 Å². The van der Waals surface area contributed by atoms with Crippen LogP contribution in [0.2, 0.25) is 0 Å². The topological polar surface area (TPSA) is 51.4 Å². The first-order valence-corrected chi connectivity index (χ1v) is 7.32. The summed E-state index contributed by atoms with van der Waals surface area (Å²) in [5.74, 6) is 0. The Morgan fingerprint density at radius 2 is 2.11 bits per heavy atom. The number of anilines is 1. The highest BCUT2D eigenvalue weighted by Gasteiger charge is 2.19. The molecule has 106 valence electrons. The Labute approximate surface area is 116 Å². The van der Waals surface area contributed by atoms with Crippen molar-refractivity contribution in [1.29, 1.82) is 0 Å². The number of hydrogen-bond donors (Lipinski definition) is 1. The van der Waals surface area contributed by atoms with Gasteiger partial charge in [0.25, 0.3) is 0 Å². The van der Waals surface area contributed by atoms with Gasteiger partial charge in [0.1, 0.15) is 0 Å². The molecule has 1 aromatic heterocycles. The molecule has 1 aliphatic heterocycles. The van der Waals surface area contributed by atoms with Crippen molar-refractivity contribution in [3.05, 3.63) is 24.0 Å². The lowest BCUT2D eigenvalue weighted by Crippen LogP contribution is -2.37. The van der Waals surface area contributed by atoms with E-state index in [-0.39, 0.29) is 6.04 Å². The fourth-order valence-corrected chi connectivity index (χ4v) is 2.53. The van der Waals surface area contributed by atoms with Gasteiger partial charge in [-0.3, -0.25) is 4.98 Å². The second-order valence-electron chi connectivity index (χ2n) is 5.10. The zero-order valence-corrected chi connectivity index (χ0v) is 12.0. The predicted molar refractivity (Wildman–Crippen MR) is 78.3 cm³/mol. The Morgan fingerprint density at radius 1 is 1.37 bits per heavy atom. The third-order valence-corrected chi connectivity index (χ3v) is 3.80. The highest BCUT2D eigenvalue weighted by molar-refractivity contribution is 5.45. The van der Waals surface area contributed by atoms with E-state index in [0.717, 1.165) is 44.7 Å². The molecule has 2 rings (SSSR count). The molecule has 2 N–H and O–H groups in total. The number of hydrogen-bond acceptors (Lipinski definition) is 4. The molecule has 19 heavy (non-hydrogen) atoms. The number of ether oxygens (including phenoxy) is 1. The third kappa shape index (κ3) is 3.67. The Kier molecular flexibility index (Phi) is 5.16. The molecule has 1 aliphatic rings. The van der Waals surface area contributed by atoms with Gasteiger partial charge < -0.3 is 15.4 Å². The van der Waals surface area contributed by atoms with E-state index in [1.807, 2.05) is 6.20 Å². The van der Waals surface area contributed by atoms with Crippen LogP contribution >= 0.6 is 0 Å². The van der Waals surface area contributed by atoms with E-state index in [1.165, 1.54) is 5.69 Å². The molecule has 0 aromatic carbocycles. The monoisotopic (exact) mass is 263 g/mol. The van der Waals surface area contributed by atoms with Gasteiger partial charge in [-0.1, -0.05) is 6.92 Å². The molecule has 4 nitrogen and oxygen atoms in total. The lowest BCUT2D eigenvalue weighted by Gasteiger charge is -2.33. The van der Waals surface area contributed by atoms with Gasteiger partial charge in [0.15, 0.2) is 0 Å². The molecule has 0 spiro atoms. The summed E-state index contributed by atoms with van der Waals surface area (Å²) in [6, 6.07) is 4.24. The quantitative estimate of drug-likeness (QED) is 0.887. The summed E-state index contributed by atoms with van der Waals surface area (Å²) in [5, 5.41) is 0. The minimum absolute atomic E-state index is 0.0535. The van der Waals surface area contributed by atoms with E-state index in [2.05, 4.69) is 35.9 Å². The molecule has 4 heteroatoms. The molecular formula is C15H25N3O. The van der Waals surface area contributed by atoms with Crippen LogP contribution in [-0.4, -0.2) is 30.8 Å². The number of nitrogens with two attached hydrogens (primary N) is 1. The van der Waals surface area contributed by atoms with Gasteiger partial charge in [-0.2, -0.15) is 0 Å². The summed E-state index contributed by atoms with van der Waals surface area (Å²) in [6.45, 7) is 7.05. The van der Waals surface area contributed by atoms with Crippen molar-refractivity contribution in [2.24, 2.45) is 5.73 Å². The van der Waals surface area contributed by atoms with Gasteiger partial charge in [-0.25, -0.2) is 0 Å². The second-order valence-corrected chi connectivity index (χ2v) is 5.10. The standard InChI is InChI=1S/C15H25N3O/c1-3-14(16)15-6-5-12(11-17-15)18-9-7-13(8-10-18)19-4-2/h5-6,11,13-14H,3-4,7-10,16H2,1-2H3. The number of rotatable bonds is 5. The van der Waals surface area contributed by atoms with E-state index >= 15 is 0 Å². The van der Waals surface area contributed by atoms with Gasteiger partial charge in [-0.15, -0.1) is 0 Å². The maximum absolute atomic E-state index is 5.98. The summed E-state index contributed by atoms with van der Waals surface area (Å²) in [6.07, 6.45) is 5.51.